The highest BCUT2D eigenvalue weighted by Crippen LogP contribution is 2.21. The summed E-state index contributed by atoms with van der Waals surface area (Å²) in [6.45, 7) is 1.52. The standard InChI is InChI=1S/C5H6F2N2O/c1-2-3-5(6,7)4(10)9-8-3/h2H2,1H3,(H,9,10). The first-order chi connectivity index (χ1) is 4.59. The van der Waals surface area contributed by atoms with Crippen LogP contribution < -0.4 is 5.43 Å². The number of nitrogens with zero attached hydrogens (tertiary/aromatic N) is 1. The molecule has 0 aromatic heterocycles. The van der Waals surface area contributed by atoms with Crippen molar-refractivity contribution in [1.82, 2.24) is 5.43 Å². The number of carbonyl (C=O) groups is 1. The molecule has 1 amide bonds. The molecule has 0 bridgehead atoms. The molecule has 0 radical (unpaired) electrons. The van der Waals surface area contributed by atoms with Gasteiger partial charge in [0.2, 0.25) is 0 Å². The number of hydrazone groups is 1. The molecule has 10 heavy (non-hydrogen) atoms. The molecule has 0 spiro atoms. The second-order valence-corrected chi connectivity index (χ2v) is 1.93. The van der Waals surface area contributed by atoms with Gasteiger partial charge in [0.05, 0.1) is 0 Å². The fourth-order valence-electron chi connectivity index (χ4n) is 0.691. The lowest BCUT2D eigenvalue weighted by molar-refractivity contribution is -0.135. The van der Waals surface area contributed by atoms with Gasteiger partial charge in [-0.05, 0) is 6.42 Å². The molecule has 1 rings (SSSR count). The van der Waals surface area contributed by atoms with E-state index in [4.69, 9.17) is 0 Å². The first-order valence-electron chi connectivity index (χ1n) is 2.84. The van der Waals surface area contributed by atoms with Crippen LogP contribution in [0.3, 0.4) is 0 Å². The van der Waals surface area contributed by atoms with Crippen LogP contribution in [-0.2, 0) is 4.79 Å². The fourth-order valence-corrected chi connectivity index (χ4v) is 0.691. The third kappa shape index (κ3) is 0.778. The highest BCUT2D eigenvalue weighted by atomic mass is 19.3. The molecule has 0 unspecified atom stereocenters. The van der Waals surface area contributed by atoms with Crippen LogP contribution >= 0.6 is 0 Å². The van der Waals surface area contributed by atoms with Crippen LogP contribution in [0.2, 0.25) is 0 Å². The van der Waals surface area contributed by atoms with E-state index in [9.17, 15) is 13.6 Å². The molecule has 0 saturated heterocycles. The van der Waals surface area contributed by atoms with E-state index in [-0.39, 0.29) is 6.42 Å². The number of carbonyl (C=O) groups excluding carboxylic acids is 1. The van der Waals surface area contributed by atoms with Crippen LogP contribution in [0.15, 0.2) is 5.10 Å². The van der Waals surface area contributed by atoms with Crippen molar-refractivity contribution in [3.8, 4) is 0 Å². The van der Waals surface area contributed by atoms with E-state index in [0.717, 1.165) is 0 Å². The van der Waals surface area contributed by atoms with E-state index in [1.165, 1.54) is 6.92 Å². The van der Waals surface area contributed by atoms with Gasteiger partial charge in [-0.25, -0.2) is 5.43 Å². The van der Waals surface area contributed by atoms with Gasteiger partial charge in [-0.2, -0.15) is 13.9 Å². The highest BCUT2D eigenvalue weighted by Gasteiger charge is 2.47. The SMILES string of the molecule is CCC1=NNC(=O)C1(F)F. The van der Waals surface area contributed by atoms with Crippen LogP contribution in [0.1, 0.15) is 13.3 Å². The summed E-state index contributed by atoms with van der Waals surface area (Å²) in [6.07, 6.45) is 0.0890. The predicted octanol–water partition coefficient (Wildman–Crippen LogP) is 0.517. The molecule has 1 N–H and O–H groups in total. The Morgan fingerprint density at radius 2 is 2.30 bits per heavy atom. The van der Waals surface area contributed by atoms with Crippen molar-refractivity contribution in [2.45, 2.75) is 19.3 Å². The number of hydrogen-bond acceptors (Lipinski definition) is 2. The van der Waals surface area contributed by atoms with Gasteiger partial charge in [-0.1, -0.05) is 6.92 Å². The minimum absolute atomic E-state index is 0.0890. The van der Waals surface area contributed by atoms with Crippen LogP contribution in [0.4, 0.5) is 8.78 Å². The molecule has 0 saturated carbocycles. The maximum Gasteiger partial charge on any atom is 0.365 e. The Bertz CT molecular complexity index is 200. The lowest BCUT2D eigenvalue weighted by atomic mass is 10.2. The summed E-state index contributed by atoms with van der Waals surface area (Å²) in [5.74, 6) is -4.71. The van der Waals surface area contributed by atoms with Crippen molar-refractivity contribution >= 4 is 11.6 Å². The average molecular weight is 148 g/mol. The lowest BCUT2D eigenvalue weighted by Crippen LogP contribution is -2.35. The van der Waals surface area contributed by atoms with E-state index in [2.05, 4.69) is 5.10 Å². The third-order valence-corrected chi connectivity index (χ3v) is 1.27. The molecule has 1 aliphatic heterocycles. The van der Waals surface area contributed by atoms with Crippen LogP contribution in [0.25, 0.3) is 0 Å². The number of halogens is 2. The zero-order chi connectivity index (χ0) is 7.78. The van der Waals surface area contributed by atoms with E-state index < -0.39 is 17.5 Å². The summed E-state index contributed by atoms with van der Waals surface area (Å²) in [5.41, 5.74) is 1.32. The number of nitrogens with one attached hydrogen (secondary N) is 1. The molecular weight excluding hydrogens is 142 g/mol. The van der Waals surface area contributed by atoms with E-state index >= 15 is 0 Å². The molecule has 1 heterocycles. The Labute approximate surface area is 56.1 Å². The van der Waals surface area contributed by atoms with Gasteiger partial charge in [0.15, 0.2) is 0 Å². The number of alkyl halides is 2. The third-order valence-electron chi connectivity index (χ3n) is 1.27. The summed E-state index contributed by atoms with van der Waals surface area (Å²) in [4.78, 5) is 10.3. The fraction of sp³-hybridized carbons (Fsp3) is 0.600. The quantitative estimate of drug-likeness (QED) is 0.578. The molecule has 1 aliphatic rings. The Morgan fingerprint density at radius 3 is 2.50 bits per heavy atom. The molecule has 56 valence electrons. The molecule has 5 heteroatoms. The Morgan fingerprint density at radius 1 is 1.70 bits per heavy atom. The molecule has 0 aliphatic carbocycles. The smallest absolute Gasteiger partial charge is 0.266 e. The molecule has 0 aromatic carbocycles. The molecule has 3 nitrogen and oxygen atoms in total. The highest BCUT2D eigenvalue weighted by molar-refractivity contribution is 6.13. The van der Waals surface area contributed by atoms with Crippen molar-refractivity contribution in [3.05, 3.63) is 0 Å². The second kappa shape index (κ2) is 2.00. The van der Waals surface area contributed by atoms with Crippen molar-refractivity contribution < 1.29 is 13.6 Å². The van der Waals surface area contributed by atoms with Crippen LogP contribution in [0.5, 0.6) is 0 Å². The monoisotopic (exact) mass is 148 g/mol. The number of rotatable bonds is 1. The summed E-state index contributed by atoms with van der Waals surface area (Å²) in [6, 6.07) is 0. The van der Waals surface area contributed by atoms with E-state index in [1.807, 2.05) is 0 Å². The summed E-state index contributed by atoms with van der Waals surface area (Å²) >= 11 is 0. The Balaban J connectivity index is 2.87. The normalized spacial score (nSPS) is 22.3. The predicted molar refractivity (Wildman–Crippen MR) is 30.8 cm³/mol. The van der Waals surface area contributed by atoms with Gasteiger partial charge in [0.25, 0.3) is 0 Å². The maximum absolute atomic E-state index is 12.5. The van der Waals surface area contributed by atoms with Gasteiger partial charge in [0.1, 0.15) is 5.71 Å². The molecule has 0 fully saturated rings. The van der Waals surface area contributed by atoms with E-state index in [1.54, 1.807) is 5.43 Å². The summed E-state index contributed by atoms with van der Waals surface area (Å²) < 4.78 is 24.9. The van der Waals surface area contributed by atoms with Crippen LogP contribution in [-0.4, -0.2) is 17.5 Å². The minimum atomic E-state index is -3.38. The van der Waals surface area contributed by atoms with Gasteiger partial charge >= 0.3 is 11.8 Å². The van der Waals surface area contributed by atoms with Gasteiger partial charge in [-0.15, -0.1) is 0 Å². The number of amides is 1. The lowest BCUT2D eigenvalue weighted by Gasteiger charge is -2.04. The first-order valence-corrected chi connectivity index (χ1v) is 2.84. The summed E-state index contributed by atoms with van der Waals surface area (Å²) in [5, 5.41) is 3.16. The molecule has 0 atom stereocenters. The van der Waals surface area contributed by atoms with Crippen molar-refractivity contribution in [2.75, 3.05) is 0 Å². The average Bonchev–Trinajstić information content (AvgIpc) is 2.10. The minimum Gasteiger partial charge on any atom is -0.266 e. The zero-order valence-electron chi connectivity index (χ0n) is 5.32. The largest absolute Gasteiger partial charge is 0.365 e. The van der Waals surface area contributed by atoms with Crippen molar-refractivity contribution in [2.24, 2.45) is 5.10 Å². The van der Waals surface area contributed by atoms with Crippen molar-refractivity contribution in [1.29, 1.82) is 0 Å². The second-order valence-electron chi connectivity index (χ2n) is 1.93. The van der Waals surface area contributed by atoms with Crippen LogP contribution in [0, 0.1) is 0 Å². The Hall–Kier alpha value is -1.00. The zero-order valence-corrected chi connectivity index (χ0v) is 5.32. The van der Waals surface area contributed by atoms with E-state index in [0.29, 0.717) is 0 Å². The first kappa shape index (κ1) is 7.11. The van der Waals surface area contributed by atoms with Gasteiger partial charge < -0.3 is 0 Å². The van der Waals surface area contributed by atoms with Crippen molar-refractivity contribution in [3.63, 3.8) is 0 Å². The molecular formula is C5H6F2N2O. The topological polar surface area (TPSA) is 41.5 Å². The maximum atomic E-state index is 12.5. The van der Waals surface area contributed by atoms with Gasteiger partial charge in [-0.3, -0.25) is 4.79 Å². The summed E-state index contributed by atoms with van der Waals surface area (Å²) in [7, 11) is 0. The Kier molecular flexibility index (Phi) is 1.42. The molecule has 0 aromatic rings. The number of hydrogen-bond donors (Lipinski definition) is 1. The van der Waals surface area contributed by atoms with Gasteiger partial charge in [0, 0.05) is 0 Å².